The van der Waals surface area contributed by atoms with Gasteiger partial charge >= 0.3 is 0 Å². The summed E-state index contributed by atoms with van der Waals surface area (Å²) in [7, 11) is 2.18. The Morgan fingerprint density at radius 2 is 1.71 bits per heavy atom. The summed E-state index contributed by atoms with van der Waals surface area (Å²) < 4.78 is 0. The highest BCUT2D eigenvalue weighted by Gasteiger charge is 2.15. The summed E-state index contributed by atoms with van der Waals surface area (Å²) in [5, 5.41) is 7.80. The molecule has 4 aromatic heterocycles. The van der Waals surface area contributed by atoms with Crippen molar-refractivity contribution in [2.24, 2.45) is 0 Å². The third-order valence-corrected chi connectivity index (χ3v) is 6.01. The lowest BCUT2D eigenvalue weighted by atomic mass is 10.1. The number of anilines is 1. The van der Waals surface area contributed by atoms with E-state index < -0.39 is 0 Å². The van der Waals surface area contributed by atoms with Crippen LogP contribution in [0, 0.1) is 0 Å². The van der Waals surface area contributed by atoms with E-state index in [4.69, 9.17) is 4.98 Å². The Labute approximate surface area is 179 Å². The molecule has 2 N–H and O–H groups in total. The second-order valence-corrected chi connectivity index (χ2v) is 8.03. The third kappa shape index (κ3) is 3.21. The van der Waals surface area contributed by atoms with E-state index in [-0.39, 0.29) is 0 Å². The number of likely N-dealkylation sites (N-methyl/N-ethyl adjacent to an activating group) is 1. The maximum atomic E-state index is 4.77. The van der Waals surface area contributed by atoms with E-state index in [0.29, 0.717) is 5.82 Å². The molecule has 1 aromatic carbocycles. The zero-order valence-corrected chi connectivity index (χ0v) is 17.2. The summed E-state index contributed by atoms with van der Waals surface area (Å²) in [6.07, 6.45) is 7.23. The summed E-state index contributed by atoms with van der Waals surface area (Å²) in [5.41, 5.74) is 6.90. The summed E-state index contributed by atoms with van der Waals surface area (Å²) in [5.74, 6) is 0.643. The van der Waals surface area contributed by atoms with Crippen molar-refractivity contribution in [2.45, 2.75) is 0 Å². The molecular formula is C23H22N8. The Hall–Kier alpha value is -3.78. The molecule has 0 amide bonds. The van der Waals surface area contributed by atoms with Gasteiger partial charge in [0, 0.05) is 55.2 Å². The van der Waals surface area contributed by atoms with Crippen LogP contribution in [0.25, 0.3) is 44.6 Å². The molecule has 5 heterocycles. The van der Waals surface area contributed by atoms with Crippen LogP contribution in [-0.4, -0.2) is 68.3 Å². The van der Waals surface area contributed by atoms with E-state index in [1.54, 1.807) is 18.6 Å². The molecule has 0 radical (unpaired) electrons. The van der Waals surface area contributed by atoms with E-state index in [1.165, 1.54) is 5.69 Å². The minimum absolute atomic E-state index is 0.643. The number of hydrogen-bond acceptors (Lipinski definition) is 6. The fourth-order valence-corrected chi connectivity index (χ4v) is 4.15. The van der Waals surface area contributed by atoms with Crippen LogP contribution in [-0.2, 0) is 0 Å². The molecule has 1 aliphatic rings. The monoisotopic (exact) mass is 410 g/mol. The van der Waals surface area contributed by atoms with Gasteiger partial charge in [-0.05, 0) is 30.8 Å². The molecule has 5 aromatic rings. The minimum atomic E-state index is 0.643. The molecule has 1 saturated heterocycles. The number of pyridine rings is 1. The van der Waals surface area contributed by atoms with Gasteiger partial charge in [-0.15, -0.1) is 0 Å². The van der Waals surface area contributed by atoms with Gasteiger partial charge in [0.2, 0.25) is 0 Å². The molecule has 8 heteroatoms. The van der Waals surface area contributed by atoms with Gasteiger partial charge in [0.25, 0.3) is 0 Å². The second kappa shape index (κ2) is 7.17. The molecule has 0 bridgehead atoms. The van der Waals surface area contributed by atoms with Crippen molar-refractivity contribution in [1.29, 1.82) is 0 Å². The number of fused-ring (bicyclic) bond motifs is 3. The van der Waals surface area contributed by atoms with Crippen molar-refractivity contribution in [1.82, 2.24) is 35.0 Å². The van der Waals surface area contributed by atoms with Crippen molar-refractivity contribution < 1.29 is 0 Å². The van der Waals surface area contributed by atoms with Crippen LogP contribution >= 0.6 is 0 Å². The van der Waals surface area contributed by atoms with Gasteiger partial charge in [-0.25, -0.2) is 15.0 Å². The normalized spacial score (nSPS) is 15.2. The number of nitrogens with zero attached hydrogens (tertiary/aromatic N) is 6. The summed E-state index contributed by atoms with van der Waals surface area (Å²) in [4.78, 5) is 22.0. The molecule has 8 nitrogen and oxygen atoms in total. The number of hydrogen-bond donors (Lipinski definition) is 2. The second-order valence-electron chi connectivity index (χ2n) is 8.03. The zero-order valence-electron chi connectivity index (χ0n) is 17.2. The SMILES string of the molecule is CN1CCN(c2ccc(-c3cnc4[nH]c5cnc(-c6cn[nH]c6)nc5c4c3)cc2)CC1. The Kier molecular flexibility index (Phi) is 4.17. The van der Waals surface area contributed by atoms with Crippen LogP contribution in [0.2, 0.25) is 0 Å². The van der Waals surface area contributed by atoms with Gasteiger partial charge < -0.3 is 14.8 Å². The van der Waals surface area contributed by atoms with Crippen LogP contribution in [0.5, 0.6) is 0 Å². The number of aromatic amines is 2. The Morgan fingerprint density at radius 1 is 0.871 bits per heavy atom. The van der Waals surface area contributed by atoms with Crippen molar-refractivity contribution in [3.8, 4) is 22.5 Å². The fourth-order valence-electron chi connectivity index (χ4n) is 4.15. The number of benzene rings is 1. The van der Waals surface area contributed by atoms with Crippen LogP contribution in [0.1, 0.15) is 0 Å². The van der Waals surface area contributed by atoms with Crippen molar-refractivity contribution in [3.05, 3.63) is 55.1 Å². The van der Waals surface area contributed by atoms with E-state index in [1.807, 2.05) is 6.20 Å². The van der Waals surface area contributed by atoms with E-state index in [0.717, 1.165) is 64.9 Å². The average molecular weight is 410 g/mol. The molecule has 0 aliphatic carbocycles. The highest BCUT2D eigenvalue weighted by Crippen LogP contribution is 2.29. The van der Waals surface area contributed by atoms with Crippen molar-refractivity contribution >= 4 is 27.8 Å². The van der Waals surface area contributed by atoms with Crippen LogP contribution < -0.4 is 4.90 Å². The highest BCUT2D eigenvalue weighted by molar-refractivity contribution is 6.04. The molecule has 1 aliphatic heterocycles. The van der Waals surface area contributed by atoms with Crippen molar-refractivity contribution in [3.63, 3.8) is 0 Å². The van der Waals surface area contributed by atoms with Gasteiger partial charge in [0.1, 0.15) is 11.2 Å². The molecule has 0 unspecified atom stereocenters. The molecule has 0 spiro atoms. The predicted octanol–water partition coefficient (Wildman–Crippen LogP) is 3.32. The lowest BCUT2D eigenvalue weighted by Crippen LogP contribution is -2.44. The first-order valence-electron chi connectivity index (χ1n) is 10.4. The highest BCUT2D eigenvalue weighted by atomic mass is 15.2. The number of H-pyrrole nitrogens is 2. The minimum Gasteiger partial charge on any atom is -0.369 e. The first-order valence-corrected chi connectivity index (χ1v) is 10.4. The molecule has 0 saturated carbocycles. The fraction of sp³-hybridized carbons (Fsp3) is 0.217. The standard InChI is InChI=1S/C23H22N8/c1-30-6-8-31(9-7-30)18-4-2-15(3-5-18)16-10-19-21-20(28-23(19)24-11-16)14-25-22(29-21)17-12-26-27-13-17/h2-5,10-14H,6-9H2,1H3,(H,24,28)(H,26,27). The van der Waals surface area contributed by atoms with E-state index >= 15 is 0 Å². The van der Waals surface area contributed by atoms with Gasteiger partial charge in [-0.2, -0.15) is 5.10 Å². The van der Waals surface area contributed by atoms with Crippen molar-refractivity contribution in [2.75, 3.05) is 38.1 Å². The van der Waals surface area contributed by atoms with Crippen LogP contribution in [0.4, 0.5) is 5.69 Å². The van der Waals surface area contributed by atoms with E-state index in [9.17, 15) is 0 Å². The number of piperazine rings is 1. The molecule has 6 rings (SSSR count). The van der Waals surface area contributed by atoms with Gasteiger partial charge in [0.05, 0.1) is 23.5 Å². The molecule has 1 fully saturated rings. The zero-order chi connectivity index (χ0) is 20.8. The lowest BCUT2D eigenvalue weighted by Gasteiger charge is -2.34. The Morgan fingerprint density at radius 3 is 2.48 bits per heavy atom. The Bertz CT molecular complexity index is 1350. The summed E-state index contributed by atoms with van der Waals surface area (Å²) >= 11 is 0. The first kappa shape index (κ1) is 18.0. The lowest BCUT2D eigenvalue weighted by molar-refractivity contribution is 0.313. The van der Waals surface area contributed by atoms with Gasteiger partial charge in [0.15, 0.2) is 5.82 Å². The maximum absolute atomic E-state index is 4.77. The smallest absolute Gasteiger partial charge is 0.163 e. The van der Waals surface area contributed by atoms with Gasteiger partial charge in [-0.1, -0.05) is 12.1 Å². The topological polar surface area (TPSA) is 89.6 Å². The number of rotatable bonds is 3. The molecule has 0 atom stereocenters. The largest absolute Gasteiger partial charge is 0.369 e. The third-order valence-electron chi connectivity index (χ3n) is 6.01. The number of aromatic nitrogens is 6. The van der Waals surface area contributed by atoms with Crippen LogP contribution in [0.15, 0.2) is 55.1 Å². The van der Waals surface area contributed by atoms with Crippen LogP contribution in [0.3, 0.4) is 0 Å². The summed E-state index contributed by atoms with van der Waals surface area (Å²) in [6.45, 7) is 4.34. The molecule has 31 heavy (non-hydrogen) atoms. The number of nitrogens with one attached hydrogen (secondary N) is 2. The first-order chi connectivity index (χ1) is 15.2. The van der Waals surface area contributed by atoms with E-state index in [2.05, 4.69) is 72.3 Å². The molecular weight excluding hydrogens is 388 g/mol. The quantitative estimate of drug-likeness (QED) is 0.474. The van der Waals surface area contributed by atoms with Gasteiger partial charge in [-0.3, -0.25) is 5.10 Å². The molecule has 154 valence electrons. The predicted molar refractivity (Wildman–Crippen MR) is 122 cm³/mol. The summed E-state index contributed by atoms with van der Waals surface area (Å²) in [6, 6.07) is 10.9. The maximum Gasteiger partial charge on any atom is 0.163 e. The average Bonchev–Trinajstić information content (AvgIpc) is 3.47. The Balaban J connectivity index is 1.36.